The van der Waals surface area contributed by atoms with Crippen molar-refractivity contribution in [2.75, 3.05) is 10.6 Å². The lowest BCUT2D eigenvalue weighted by Crippen LogP contribution is -2.46. The van der Waals surface area contributed by atoms with Crippen LogP contribution in [0.1, 0.15) is 31.9 Å². The third kappa shape index (κ3) is 4.88. The van der Waals surface area contributed by atoms with Crippen LogP contribution >= 0.6 is 0 Å². The lowest BCUT2D eigenvalue weighted by molar-refractivity contribution is -0.118. The van der Waals surface area contributed by atoms with Gasteiger partial charge in [0.05, 0.1) is 11.2 Å². The number of nitrogens with zero attached hydrogens (tertiary/aromatic N) is 2. The quantitative estimate of drug-likeness (QED) is 0.453. The molecule has 4 rings (SSSR count). The van der Waals surface area contributed by atoms with Crippen LogP contribution in [0.2, 0.25) is 0 Å². The first-order valence-electron chi connectivity index (χ1n) is 10.7. The number of anilines is 2. The Hall–Kier alpha value is -3.88. The normalized spacial score (nSPS) is 14.0. The molecule has 1 aliphatic carbocycles. The zero-order valence-corrected chi connectivity index (χ0v) is 17.8. The summed E-state index contributed by atoms with van der Waals surface area (Å²) < 4.78 is 1.27. The van der Waals surface area contributed by atoms with E-state index in [4.69, 9.17) is 5.73 Å². The Morgan fingerprint density at radius 2 is 1.91 bits per heavy atom. The van der Waals surface area contributed by atoms with Gasteiger partial charge in [-0.15, -0.1) is 0 Å². The molecule has 9 nitrogen and oxygen atoms in total. The van der Waals surface area contributed by atoms with E-state index in [1.54, 1.807) is 30.3 Å². The summed E-state index contributed by atoms with van der Waals surface area (Å²) in [5, 5.41) is 9.00. The molecule has 0 bridgehead atoms. The molecule has 9 heteroatoms. The fourth-order valence-electron chi connectivity index (χ4n) is 3.66. The minimum Gasteiger partial charge on any atom is -0.351 e. The molecule has 5 N–H and O–H groups in total. The maximum absolute atomic E-state index is 12.9. The van der Waals surface area contributed by atoms with Crippen LogP contribution in [0, 0.1) is 5.92 Å². The molecule has 0 spiro atoms. The number of rotatable bonds is 7. The van der Waals surface area contributed by atoms with Crippen molar-refractivity contribution in [3.8, 4) is 0 Å². The van der Waals surface area contributed by atoms with Gasteiger partial charge in [-0.2, -0.15) is 0 Å². The molecule has 166 valence electrons. The van der Waals surface area contributed by atoms with E-state index in [9.17, 15) is 14.4 Å². The van der Waals surface area contributed by atoms with Crippen LogP contribution in [0.3, 0.4) is 0 Å². The molecule has 0 radical (unpaired) electrons. The van der Waals surface area contributed by atoms with E-state index < -0.39 is 18.1 Å². The van der Waals surface area contributed by atoms with Crippen LogP contribution in [-0.4, -0.2) is 33.6 Å². The van der Waals surface area contributed by atoms with E-state index in [0.717, 1.165) is 25.0 Å². The number of primary amides is 1. The van der Waals surface area contributed by atoms with E-state index in [-0.39, 0.29) is 5.91 Å². The molecule has 1 atom stereocenters. The largest absolute Gasteiger partial charge is 0.351 e. The van der Waals surface area contributed by atoms with Crippen molar-refractivity contribution >= 4 is 40.4 Å². The van der Waals surface area contributed by atoms with Gasteiger partial charge in [-0.25, -0.2) is 14.6 Å². The highest BCUT2D eigenvalue weighted by Crippen LogP contribution is 2.34. The lowest BCUT2D eigenvalue weighted by atomic mass is 10.1. The third-order valence-electron chi connectivity index (χ3n) is 5.51. The fraction of sp³-hybridized carbons (Fsp3) is 0.304. The maximum Gasteiger partial charge on any atom is 0.323 e. The van der Waals surface area contributed by atoms with Gasteiger partial charge in [0.15, 0.2) is 0 Å². The van der Waals surface area contributed by atoms with Gasteiger partial charge in [0.1, 0.15) is 11.9 Å². The van der Waals surface area contributed by atoms with Gasteiger partial charge < -0.3 is 21.7 Å². The van der Waals surface area contributed by atoms with Crippen LogP contribution in [-0.2, 0) is 11.2 Å². The summed E-state index contributed by atoms with van der Waals surface area (Å²) >= 11 is 0. The van der Waals surface area contributed by atoms with E-state index in [2.05, 4.69) is 20.9 Å². The first kappa shape index (κ1) is 21.4. The molecule has 4 amide bonds. The van der Waals surface area contributed by atoms with Crippen LogP contribution < -0.4 is 21.7 Å². The highest BCUT2D eigenvalue weighted by molar-refractivity contribution is 6.05. The average Bonchev–Trinajstić information content (AvgIpc) is 3.53. The molecule has 0 saturated heterocycles. The standard InChI is InChI=1S/C23H26N6O3/c1-2-15-6-5-9-20(25-15)28-21(30)17(12-14-10-11-14)26-23(32)27-18-13-29(22(24)31)19-8-4-3-7-16(18)19/h3-9,13-14,17H,2,10-12H2,1H3,(H2,24,31)(H,25,28,30)(H2,26,27,32)/t17-/m0/s1. The zero-order chi connectivity index (χ0) is 22.7. The monoisotopic (exact) mass is 434 g/mol. The second kappa shape index (κ2) is 9.09. The predicted octanol–water partition coefficient (Wildman–Crippen LogP) is 3.45. The Morgan fingerprint density at radius 1 is 1.12 bits per heavy atom. The van der Waals surface area contributed by atoms with Gasteiger partial charge in [0, 0.05) is 17.3 Å². The molecule has 3 aromatic rings. The number of aromatic nitrogens is 2. The molecule has 1 saturated carbocycles. The Morgan fingerprint density at radius 3 is 2.62 bits per heavy atom. The molecule has 1 aliphatic rings. The summed E-state index contributed by atoms with van der Waals surface area (Å²) in [6, 6.07) is 10.7. The Kier molecular flexibility index (Phi) is 6.07. The highest BCUT2D eigenvalue weighted by atomic mass is 16.2. The van der Waals surface area contributed by atoms with Crippen molar-refractivity contribution in [3.05, 3.63) is 54.4 Å². The Bertz CT molecular complexity index is 1170. The number of nitrogens with one attached hydrogen (secondary N) is 3. The molecule has 2 heterocycles. The maximum atomic E-state index is 12.9. The summed E-state index contributed by atoms with van der Waals surface area (Å²) in [5.41, 5.74) is 7.33. The number of para-hydroxylation sites is 1. The number of urea groups is 1. The molecule has 0 unspecified atom stereocenters. The highest BCUT2D eigenvalue weighted by Gasteiger charge is 2.31. The Balaban J connectivity index is 1.48. The smallest absolute Gasteiger partial charge is 0.323 e. The number of benzene rings is 1. The van der Waals surface area contributed by atoms with E-state index in [1.165, 1.54) is 10.8 Å². The summed E-state index contributed by atoms with van der Waals surface area (Å²) in [5.74, 6) is 0.562. The van der Waals surface area contributed by atoms with Gasteiger partial charge in [-0.1, -0.05) is 44.0 Å². The topological polar surface area (TPSA) is 131 Å². The first-order chi connectivity index (χ1) is 15.4. The summed E-state index contributed by atoms with van der Waals surface area (Å²) in [7, 11) is 0. The van der Waals surface area contributed by atoms with Crippen molar-refractivity contribution in [2.24, 2.45) is 11.7 Å². The van der Waals surface area contributed by atoms with Gasteiger partial charge in [-0.3, -0.25) is 9.36 Å². The minimum absolute atomic E-state index is 0.313. The molecular weight excluding hydrogens is 408 g/mol. The van der Waals surface area contributed by atoms with Gasteiger partial charge in [0.2, 0.25) is 5.91 Å². The summed E-state index contributed by atoms with van der Waals surface area (Å²) in [6.07, 6.45) is 4.87. The lowest BCUT2D eigenvalue weighted by Gasteiger charge is -2.18. The van der Waals surface area contributed by atoms with Crippen LogP contribution in [0.5, 0.6) is 0 Å². The second-order valence-corrected chi connectivity index (χ2v) is 7.96. The molecule has 32 heavy (non-hydrogen) atoms. The van der Waals surface area contributed by atoms with E-state index in [0.29, 0.717) is 34.7 Å². The molecular formula is C23H26N6O3. The van der Waals surface area contributed by atoms with Crippen LogP contribution in [0.25, 0.3) is 10.9 Å². The van der Waals surface area contributed by atoms with Crippen molar-refractivity contribution < 1.29 is 14.4 Å². The van der Waals surface area contributed by atoms with E-state index in [1.807, 2.05) is 19.1 Å². The number of hydrogen-bond acceptors (Lipinski definition) is 4. The van der Waals surface area contributed by atoms with Crippen molar-refractivity contribution in [1.82, 2.24) is 14.9 Å². The zero-order valence-electron chi connectivity index (χ0n) is 17.8. The second-order valence-electron chi connectivity index (χ2n) is 7.96. The van der Waals surface area contributed by atoms with Gasteiger partial charge >= 0.3 is 12.1 Å². The predicted molar refractivity (Wildman–Crippen MR) is 122 cm³/mol. The number of carbonyl (C=O) groups excluding carboxylic acids is 3. The first-order valence-corrected chi connectivity index (χ1v) is 10.7. The average molecular weight is 435 g/mol. The van der Waals surface area contributed by atoms with Crippen molar-refractivity contribution in [3.63, 3.8) is 0 Å². The van der Waals surface area contributed by atoms with E-state index >= 15 is 0 Å². The molecule has 1 fully saturated rings. The number of aryl methyl sites for hydroxylation is 1. The number of nitrogens with two attached hydrogens (primary N) is 1. The third-order valence-corrected chi connectivity index (χ3v) is 5.51. The van der Waals surface area contributed by atoms with Gasteiger partial charge in [0.25, 0.3) is 0 Å². The van der Waals surface area contributed by atoms with Crippen LogP contribution in [0.4, 0.5) is 21.1 Å². The molecule has 2 aromatic heterocycles. The van der Waals surface area contributed by atoms with Crippen LogP contribution in [0.15, 0.2) is 48.7 Å². The number of amides is 4. The molecule has 0 aliphatic heterocycles. The Labute approximate surface area is 185 Å². The molecule has 1 aromatic carbocycles. The van der Waals surface area contributed by atoms with Crippen molar-refractivity contribution in [1.29, 1.82) is 0 Å². The minimum atomic E-state index is -0.709. The number of fused-ring (bicyclic) bond motifs is 1. The number of hydrogen-bond donors (Lipinski definition) is 4. The summed E-state index contributed by atoms with van der Waals surface area (Å²) in [4.78, 5) is 41.8. The fourth-order valence-corrected chi connectivity index (χ4v) is 3.66. The summed E-state index contributed by atoms with van der Waals surface area (Å²) in [6.45, 7) is 1.99. The van der Waals surface area contributed by atoms with Crippen molar-refractivity contribution in [2.45, 2.75) is 38.6 Å². The van der Waals surface area contributed by atoms with Gasteiger partial charge in [-0.05, 0) is 37.0 Å². The number of carbonyl (C=O) groups is 3. The SMILES string of the molecule is CCc1cccc(NC(=O)[C@H](CC2CC2)NC(=O)Nc2cn(C(N)=O)c3ccccc23)n1. The number of pyridine rings is 1.